The average molecular weight is 270 g/mol. The first kappa shape index (κ1) is 13.4. The van der Waals surface area contributed by atoms with Crippen LogP contribution in [0.5, 0.6) is 0 Å². The van der Waals surface area contributed by atoms with Gasteiger partial charge in [-0.2, -0.15) is 0 Å². The zero-order valence-electron chi connectivity index (χ0n) is 10.5. The minimum atomic E-state index is -0.904. The fraction of sp³-hybridized carbons (Fsp3) is 0.0625. The highest BCUT2D eigenvalue weighted by Gasteiger charge is 2.06. The number of hydrogen-bond donors (Lipinski definition) is 1. The maximum absolute atomic E-state index is 11.1. The fourth-order valence-electron chi connectivity index (χ4n) is 1.82. The molecule has 0 aliphatic heterocycles. The second-order valence-corrected chi connectivity index (χ2v) is 4.82. The van der Waals surface area contributed by atoms with E-state index in [0.717, 1.165) is 5.56 Å². The quantitative estimate of drug-likeness (QED) is 0.665. The molecule has 0 saturated heterocycles. The van der Waals surface area contributed by atoms with Gasteiger partial charge >= 0.3 is 5.97 Å². The van der Waals surface area contributed by atoms with Crippen molar-refractivity contribution in [2.45, 2.75) is 4.90 Å². The molecule has 0 atom stereocenters. The molecule has 2 rings (SSSR count). The molecule has 2 nitrogen and oxygen atoms in total. The predicted molar refractivity (Wildman–Crippen MR) is 80.6 cm³/mol. The van der Waals surface area contributed by atoms with Gasteiger partial charge in [0.1, 0.15) is 0 Å². The van der Waals surface area contributed by atoms with Crippen LogP contribution in [0.3, 0.4) is 0 Å². The molecule has 0 fully saturated rings. The van der Waals surface area contributed by atoms with Gasteiger partial charge in [0.05, 0.1) is 5.56 Å². The topological polar surface area (TPSA) is 37.3 Å². The van der Waals surface area contributed by atoms with Crippen LogP contribution in [0.15, 0.2) is 53.4 Å². The first-order valence-corrected chi connectivity index (χ1v) is 7.08. The maximum Gasteiger partial charge on any atom is 0.336 e. The first-order chi connectivity index (χ1) is 9.22. The molecule has 96 valence electrons. The van der Waals surface area contributed by atoms with E-state index in [1.807, 2.05) is 54.8 Å². The normalized spacial score (nSPS) is 10.8. The summed E-state index contributed by atoms with van der Waals surface area (Å²) in [6.07, 6.45) is 5.82. The lowest BCUT2D eigenvalue weighted by atomic mass is 10.1. The summed E-state index contributed by atoms with van der Waals surface area (Å²) >= 11 is 1.67. The van der Waals surface area contributed by atoms with Crippen LogP contribution in [0, 0.1) is 0 Å². The summed E-state index contributed by atoms with van der Waals surface area (Å²) in [6, 6.07) is 15.0. The van der Waals surface area contributed by atoms with Gasteiger partial charge in [0.25, 0.3) is 0 Å². The largest absolute Gasteiger partial charge is 0.478 e. The third kappa shape index (κ3) is 3.26. The van der Waals surface area contributed by atoms with E-state index in [9.17, 15) is 4.79 Å². The summed E-state index contributed by atoms with van der Waals surface area (Å²) in [6.45, 7) is 0. The molecule has 0 spiro atoms. The summed E-state index contributed by atoms with van der Waals surface area (Å²) in [7, 11) is 0. The lowest BCUT2D eigenvalue weighted by molar-refractivity contribution is 0.0696. The lowest BCUT2D eigenvalue weighted by Crippen LogP contribution is -1.98. The molecule has 19 heavy (non-hydrogen) atoms. The van der Waals surface area contributed by atoms with Crippen molar-refractivity contribution in [1.82, 2.24) is 0 Å². The Morgan fingerprint density at radius 3 is 2.26 bits per heavy atom. The van der Waals surface area contributed by atoms with Gasteiger partial charge in [-0.15, -0.1) is 11.8 Å². The van der Waals surface area contributed by atoms with E-state index in [2.05, 4.69) is 0 Å². The number of carboxylic acid groups (broad SMARTS) is 1. The lowest BCUT2D eigenvalue weighted by Gasteiger charge is -2.03. The van der Waals surface area contributed by atoms with Gasteiger partial charge in [0.15, 0.2) is 0 Å². The molecular formula is C16H14O2S. The smallest absolute Gasteiger partial charge is 0.336 e. The number of rotatable bonds is 4. The SMILES string of the molecule is CSc1ccccc1C=Cc1ccccc1C(=O)O. The molecule has 3 heteroatoms. The number of benzene rings is 2. The second kappa shape index (κ2) is 6.25. The van der Waals surface area contributed by atoms with Crippen molar-refractivity contribution in [2.75, 3.05) is 6.26 Å². The second-order valence-electron chi connectivity index (χ2n) is 3.97. The van der Waals surface area contributed by atoms with Crippen molar-refractivity contribution in [2.24, 2.45) is 0 Å². The van der Waals surface area contributed by atoms with E-state index in [1.54, 1.807) is 23.9 Å². The van der Waals surface area contributed by atoms with Crippen molar-refractivity contribution >= 4 is 29.9 Å². The van der Waals surface area contributed by atoms with Crippen LogP contribution in [0.4, 0.5) is 0 Å². The van der Waals surface area contributed by atoms with Crippen LogP contribution in [-0.2, 0) is 0 Å². The molecule has 0 heterocycles. The van der Waals surface area contributed by atoms with E-state index in [4.69, 9.17) is 5.11 Å². The van der Waals surface area contributed by atoms with Gasteiger partial charge in [0, 0.05) is 4.90 Å². The van der Waals surface area contributed by atoms with Crippen LogP contribution in [-0.4, -0.2) is 17.3 Å². The number of carboxylic acids is 1. The maximum atomic E-state index is 11.1. The van der Waals surface area contributed by atoms with E-state index in [-0.39, 0.29) is 0 Å². The highest BCUT2D eigenvalue weighted by atomic mass is 32.2. The molecule has 0 aromatic heterocycles. The van der Waals surface area contributed by atoms with E-state index < -0.39 is 5.97 Å². The fourth-order valence-corrected chi connectivity index (χ4v) is 2.41. The Morgan fingerprint density at radius 2 is 1.58 bits per heavy atom. The summed E-state index contributed by atoms with van der Waals surface area (Å²) in [5.74, 6) is -0.904. The van der Waals surface area contributed by atoms with Crippen LogP contribution in [0.1, 0.15) is 21.5 Å². The molecule has 2 aromatic rings. The van der Waals surface area contributed by atoms with Crippen LogP contribution < -0.4 is 0 Å². The summed E-state index contributed by atoms with van der Waals surface area (Å²) in [4.78, 5) is 12.3. The van der Waals surface area contributed by atoms with Crippen molar-refractivity contribution < 1.29 is 9.90 Å². The molecule has 0 bridgehead atoms. The van der Waals surface area contributed by atoms with Crippen molar-refractivity contribution in [1.29, 1.82) is 0 Å². The van der Waals surface area contributed by atoms with E-state index in [1.165, 1.54) is 4.90 Å². The van der Waals surface area contributed by atoms with Crippen LogP contribution in [0.25, 0.3) is 12.2 Å². The standard InChI is InChI=1S/C16H14O2S/c1-19-15-9-5-3-7-13(15)11-10-12-6-2-4-8-14(12)16(17)18/h2-11H,1H3,(H,17,18). The van der Waals surface area contributed by atoms with Gasteiger partial charge in [0.2, 0.25) is 0 Å². The zero-order valence-corrected chi connectivity index (χ0v) is 11.4. The Balaban J connectivity index is 2.35. The average Bonchev–Trinajstić information content (AvgIpc) is 2.45. The molecule has 0 unspecified atom stereocenters. The van der Waals surface area contributed by atoms with Crippen LogP contribution >= 0.6 is 11.8 Å². The molecule has 0 aliphatic rings. The van der Waals surface area contributed by atoms with Crippen LogP contribution in [0.2, 0.25) is 0 Å². The number of thioether (sulfide) groups is 1. The highest BCUT2D eigenvalue weighted by molar-refractivity contribution is 7.98. The molecular weight excluding hydrogens is 256 g/mol. The number of aromatic carboxylic acids is 1. The van der Waals surface area contributed by atoms with Gasteiger partial charge in [-0.1, -0.05) is 48.6 Å². The summed E-state index contributed by atoms with van der Waals surface area (Å²) in [5, 5.41) is 9.13. The van der Waals surface area contributed by atoms with E-state index >= 15 is 0 Å². The Labute approximate surface area is 116 Å². The summed E-state index contributed by atoms with van der Waals surface area (Å²) < 4.78 is 0. The van der Waals surface area contributed by atoms with E-state index in [0.29, 0.717) is 11.1 Å². The monoisotopic (exact) mass is 270 g/mol. The van der Waals surface area contributed by atoms with Crippen molar-refractivity contribution in [3.05, 3.63) is 65.2 Å². The van der Waals surface area contributed by atoms with Gasteiger partial charge < -0.3 is 5.11 Å². The molecule has 1 N–H and O–H groups in total. The Hall–Kier alpha value is -2.00. The Morgan fingerprint density at radius 1 is 1.00 bits per heavy atom. The predicted octanol–water partition coefficient (Wildman–Crippen LogP) is 4.28. The molecule has 0 saturated carbocycles. The molecule has 0 amide bonds. The van der Waals surface area contributed by atoms with Crippen molar-refractivity contribution in [3.8, 4) is 0 Å². The molecule has 2 aromatic carbocycles. The summed E-state index contributed by atoms with van der Waals surface area (Å²) in [5.41, 5.74) is 2.13. The minimum absolute atomic E-state index is 0.320. The minimum Gasteiger partial charge on any atom is -0.478 e. The zero-order chi connectivity index (χ0) is 13.7. The Bertz CT molecular complexity index is 618. The first-order valence-electron chi connectivity index (χ1n) is 5.86. The highest BCUT2D eigenvalue weighted by Crippen LogP contribution is 2.22. The van der Waals surface area contributed by atoms with Crippen molar-refractivity contribution in [3.63, 3.8) is 0 Å². The molecule has 0 radical (unpaired) electrons. The number of hydrogen-bond acceptors (Lipinski definition) is 2. The van der Waals surface area contributed by atoms with Gasteiger partial charge in [-0.3, -0.25) is 0 Å². The molecule has 0 aliphatic carbocycles. The third-order valence-corrected chi connectivity index (χ3v) is 3.58. The van der Waals surface area contributed by atoms with Gasteiger partial charge in [-0.05, 0) is 29.5 Å². The third-order valence-electron chi connectivity index (χ3n) is 2.77. The van der Waals surface area contributed by atoms with Gasteiger partial charge in [-0.25, -0.2) is 4.79 Å². The Kier molecular flexibility index (Phi) is 4.42. The number of carbonyl (C=O) groups is 1.